The first-order chi connectivity index (χ1) is 11.7. The van der Waals surface area contributed by atoms with Gasteiger partial charge in [-0.1, -0.05) is 12.1 Å². The van der Waals surface area contributed by atoms with Crippen LogP contribution in [0.3, 0.4) is 0 Å². The Kier molecular flexibility index (Phi) is 3.34. The molecule has 2 heterocycles. The minimum absolute atomic E-state index is 0.779. The highest BCUT2D eigenvalue weighted by Gasteiger charge is 2.30. The van der Waals surface area contributed by atoms with Crippen molar-refractivity contribution in [2.24, 2.45) is 0 Å². The largest absolute Gasteiger partial charge is 0.497 e. The van der Waals surface area contributed by atoms with Crippen molar-refractivity contribution in [2.45, 2.75) is 0 Å². The Labute approximate surface area is 141 Å². The molecule has 0 saturated heterocycles. The Morgan fingerprint density at radius 1 is 1.00 bits per heavy atom. The molecule has 0 fully saturated rings. The number of rotatable bonds is 3. The van der Waals surface area contributed by atoms with Crippen LogP contribution in [0.4, 0.5) is 11.4 Å². The van der Waals surface area contributed by atoms with Crippen molar-refractivity contribution in [2.75, 3.05) is 31.5 Å². The zero-order valence-corrected chi connectivity index (χ0v) is 13.9. The van der Waals surface area contributed by atoms with E-state index in [1.807, 2.05) is 36.5 Å². The molecule has 0 radical (unpaired) electrons. The second-order valence-corrected chi connectivity index (χ2v) is 5.67. The van der Waals surface area contributed by atoms with Gasteiger partial charge in [-0.15, -0.1) is 0 Å². The maximum atomic E-state index is 5.57. The van der Waals surface area contributed by atoms with Crippen LogP contribution in [0.1, 0.15) is 5.56 Å². The third-order valence-electron chi connectivity index (χ3n) is 4.41. The highest BCUT2D eigenvalue weighted by Crippen LogP contribution is 2.43. The fourth-order valence-electron chi connectivity index (χ4n) is 3.13. The van der Waals surface area contributed by atoms with E-state index in [2.05, 4.69) is 40.5 Å². The third kappa shape index (κ3) is 2.09. The zero-order chi connectivity index (χ0) is 16.7. The minimum atomic E-state index is 0.779. The lowest BCUT2D eigenvalue weighted by molar-refractivity contribution is 0.392. The molecule has 0 atom stereocenters. The number of anilines is 2. The summed E-state index contributed by atoms with van der Waals surface area (Å²) in [6.07, 6.45) is 4.15. The van der Waals surface area contributed by atoms with Gasteiger partial charge in [0, 0.05) is 31.1 Å². The Balaban J connectivity index is 1.81. The first-order valence-corrected chi connectivity index (χ1v) is 7.76. The lowest BCUT2D eigenvalue weighted by Gasteiger charge is -2.29. The van der Waals surface area contributed by atoms with Crippen LogP contribution in [-0.2, 0) is 0 Å². The van der Waals surface area contributed by atoms with Crippen molar-refractivity contribution in [3.8, 4) is 11.5 Å². The number of fused-ring (bicyclic) bond motifs is 3. The number of nitrogens with zero attached hydrogens (tertiary/aromatic N) is 2. The number of ether oxygens (including phenoxy) is 2. The molecular weight excluding hydrogens is 302 g/mol. The van der Waals surface area contributed by atoms with E-state index in [0.29, 0.717) is 0 Å². The van der Waals surface area contributed by atoms with Gasteiger partial charge in [0.15, 0.2) is 0 Å². The molecule has 0 aromatic heterocycles. The number of benzene rings is 2. The van der Waals surface area contributed by atoms with Crippen LogP contribution in [0, 0.1) is 0 Å². The summed E-state index contributed by atoms with van der Waals surface area (Å²) in [5.74, 6) is 2.64. The summed E-state index contributed by atoms with van der Waals surface area (Å²) in [7, 11) is 5.39. The molecular formula is C19H19N3O2. The van der Waals surface area contributed by atoms with Gasteiger partial charge in [-0.05, 0) is 24.3 Å². The molecule has 0 unspecified atom stereocenters. The number of nitrogens with one attached hydrogen (secondary N) is 1. The van der Waals surface area contributed by atoms with Gasteiger partial charge in [0.25, 0.3) is 0 Å². The van der Waals surface area contributed by atoms with Gasteiger partial charge in [0.05, 0.1) is 31.3 Å². The van der Waals surface area contributed by atoms with E-state index >= 15 is 0 Å². The molecule has 0 saturated carbocycles. The molecule has 5 nitrogen and oxygen atoms in total. The van der Waals surface area contributed by atoms with Gasteiger partial charge < -0.3 is 19.7 Å². The van der Waals surface area contributed by atoms with Crippen LogP contribution in [-0.4, -0.2) is 26.2 Å². The minimum Gasteiger partial charge on any atom is -0.497 e. The molecule has 4 rings (SSSR count). The van der Waals surface area contributed by atoms with Gasteiger partial charge >= 0.3 is 0 Å². The van der Waals surface area contributed by atoms with Crippen molar-refractivity contribution in [3.63, 3.8) is 0 Å². The molecule has 5 heteroatoms. The molecule has 0 spiro atoms. The first-order valence-electron chi connectivity index (χ1n) is 7.76. The van der Waals surface area contributed by atoms with E-state index in [1.165, 1.54) is 0 Å². The smallest absolute Gasteiger partial charge is 0.134 e. The van der Waals surface area contributed by atoms with E-state index in [4.69, 9.17) is 9.47 Å². The van der Waals surface area contributed by atoms with Crippen LogP contribution in [0.5, 0.6) is 11.5 Å². The van der Waals surface area contributed by atoms with E-state index in [1.54, 1.807) is 14.2 Å². The predicted molar refractivity (Wildman–Crippen MR) is 95.9 cm³/mol. The average Bonchev–Trinajstić information content (AvgIpc) is 2.98. The molecule has 0 aliphatic carbocycles. The van der Waals surface area contributed by atoms with Crippen LogP contribution in [0.2, 0.25) is 0 Å². The van der Waals surface area contributed by atoms with Gasteiger partial charge in [0.2, 0.25) is 0 Å². The third-order valence-corrected chi connectivity index (χ3v) is 4.41. The molecule has 24 heavy (non-hydrogen) atoms. The molecule has 2 aliphatic rings. The average molecular weight is 321 g/mol. The Hall–Kier alpha value is -3.08. The summed E-state index contributed by atoms with van der Waals surface area (Å²) in [4.78, 5) is 4.33. The maximum absolute atomic E-state index is 5.57. The van der Waals surface area contributed by atoms with Crippen molar-refractivity contribution in [1.82, 2.24) is 4.90 Å². The van der Waals surface area contributed by atoms with E-state index in [-0.39, 0.29) is 0 Å². The Morgan fingerprint density at radius 2 is 1.83 bits per heavy atom. The van der Waals surface area contributed by atoms with Crippen LogP contribution in [0.25, 0.3) is 5.70 Å². The summed E-state index contributed by atoms with van der Waals surface area (Å²) in [6.45, 7) is 0. The highest BCUT2D eigenvalue weighted by molar-refractivity contribution is 5.85. The van der Waals surface area contributed by atoms with Gasteiger partial charge in [-0.2, -0.15) is 0 Å². The second kappa shape index (κ2) is 5.53. The maximum Gasteiger partial charge on any atom is 0.134 e. The normalized spacial score (nSPS) is 15.1. The SMILES string of the molecule is COc1ccc(C2=CN3C(=CNc4ccccc43)N2C)c(OC)c1. The van der Waals surface area contributed by atoms with Crippen LogP contribution >= 0.6 is 0 Å². The van der Waals surface area contributed by atoms with E-state index in [0.717, 1.165) is 40.0 Å². The molecule has 1 N–H and O–H groups in total. The summed E-state index contributed by atoms with van der Waals surface area (Å²) in [5.41, 5.74) is 4.31. The van der Waals surface area contributed by atoms with E-state index < -0.39 is 0 Å². The highest BCUT2D eigenvalue weighted by atomic mass is 16.5. The predicted octanol–water partition coefficient (Wildman–Crippen LogP) is 3.68. The fraction of sp³-hybridized carbons (Fsp3) is 0.158. The van der Waals surface area contributed by atoms with Crippen LogP contribution < -0.4 is 19.7 Å². The van der Waals surface area contributed by atoms with Crippen molar-refractivity contribution in [1.29, 1.82) is 0 Å². The van der Waals surface area contributed by atoms with E-state index in [9.17, 15) is 0 Å². The molecule has 0 bridgehead atoms. The topological polar surface area (TPSA) is 37.0 Å². The van der Waals surface area contributed by atoms with Gasteiger partial charge in [-0.3, -0.25) is 4.90 Å². The first kappa shape index (κ1) is 14.5. The number of hydrogen-bond acceptors (Lipinski definition) is 5. The Morgan fingerprint density at radius 3 is 2.62 bits per heavy atom. The van der Waals surface area contributed by atoms with Crippen LogP contribution in [0.15, 0.2) is 60.7 Å². The molecule has 122 valence electrons. The molecule has 2 aromatic carbocycles. The van der Waals surface area contributed by atoms with Crippen molar-refractivity contribution in [3.05, 3.63) is 66.2 Å². The fourth-order valence-corrected chi connectivity index (χ4v) is 3.13. The molecule has 2 aliphatic heterocycles. The monoisotopic (exact) mass is 321 g/mol. The lowest BCUT2D eigenvalue weighted by Crippen LogP contribution is -2.25. The number of hydrogen-bond donors (Lipinski definition) is 1. The molecule has 0 amide bonds. The summed E-state index contributed by atoms with van der Waals surface area (Å²) in [5, 5.41) is 3.35. The quantitative estimate of drug-likeness (QED) is 0.933. The number of methoxy groups -OCH3 is 2. The Bertz CT molecular complexity index is 857. The zero-order valence-electron chi connectivity index (χ0n) is 13.9. The summed E-state index contributed by atoms with van der Waals surface area (Å²) >= 11 is 0. The van der Waals surface area contributed by atoms with Gasteiger partial charge in [-0.25, -0.2) is 0 Å². The molecule has 2 aromatic rings. The second-order valence-electron chi connectivity index (χ2n) is 5.67. The van der Waals surface area contributed by atoms with Crippen molar-refractivity contribution < 1.29 is 9.47 Å². The van der Waals surface area contributed by atoms with Crippen molar-refractivity contribution >= 4 is 17.1 Å². The lowest BCUT2D eigenvalue weighted by atomic mass is 10.1. The summed E-state index contributed by atoms with van der Waals surface area (Å²) in [6, 6.07) is 14.1. The summed E-state index contributed by atoms with van der Waals surface area (Å²) < 4.78 is 10.9. The number of para-hydroxylation sites is 2. The van der Waals surface area contributed by atoms with Gasteiger partial charge in [0.1, 0.15) is 17.3 Å². The standard InChI is InChI=1S/C19H19N3O2/c1-21-17(14-9-8-13(23-2)10-18(14)24-3)12-22-16-7-5-4-6-15(16)20-11-19(21)22/h4-12,20H,1-3H3.